The van der Waals surface area contributed by atoms with Crippen molar-refractivity contribution in [1.29, 1.82) is 0 Å². The summed E-state index contributed by atoms with van der Waals surface area (Å²) in [5.41, 5.74) is 0.633. The van der Waals surface area contributed by atoms with Crippen LogP contribution >= 0.6 is 0 Å². The van der Waals surface area contributed by atoms with Crippen molar-refractivity contribution in [2.75, 3.05) is 13.7 Å². The summed E-state index contributed by atoms with van der Waals surface area (Å²) in [4.78, 5) is 0.121. The highest BCUT2D eigenvalue weighted by atomic mass is 32.2. The molecule has 0 radical (unpaired) electrons. The predicted molar refractivity (Wildman–Crippen MR) is 97.9 cm³/mol. The molecule has 0 saturated carbocycles. The van der Waals surface area contributed by atoms with E-state index in [1.165, 1.54) is 12.1 Å². The summed E-state index contributed by atoms with van der Waals surface area (Å²) in [7, 11) is -2.17. The average Bonchev–Trinajstić information content (AvgIpc) is 3.16. The number of hydrogen-bond acceptors (Lipinski definition) is 7. The fourth-order valence-electron chi connectivity index (χ4n) is 2.38. The first kappa shape index (κ1) is 18.9. The lowest BCUT2D eigenvalue weighted by molar-refractivity contribution is 0.340. The summed E-state index contributed by atoms with van der Waals surface area (Å²) in [5, 5.41) is 7.84. The molecule has 0 saturated heterocycles. The summed E-state index contributed by atoms with van der Waals surface area (Å²) in [6, 6.07) is 13.3. The molecule has 0 atom stereocenters. The van der Waals surface area contributed by atoms with Crippen molar-refractivity contribution in [3.05, 3.63) is 54.4 Å². The molecule has 2 aromatic carbocycles. The van der Waals surface area contributed by atoms with Crippen LogP contribution in [0.2, 0.25) is 0 Å². The minimum atomic E-state index is -3.72. The van der Waals surface area contributed by atoms with Crippen LogP contribution < -0.4 is 14.2 Å². The van der Waals surface area contributed by atoms with Crippen molar-refractivity contribution in [2.45, 2.75) is 18.4 Å². The monoisotopic (exact) mass is 389 g/mol. The molecule has 8 nitrogen and oxygen atoms in total. The molecular weight excluding hydrogens is 370 g/mol. The fraction of sp³-hybridized carbons (Fsp3) is 0.222. The Bertz CT molecular complexity index is 1000. The van der Waals surface area contributed by atoms with E-state index in [0.29, 0.717) is 23.7 Å². The summed E-state index contributed by atoms with van der Waals surface area (Å²) in [6.07, 6.45) is 0. The van der Waals surface area contributed by atoms with Crippen LogP contribution in [0.25, 0.3) is 11.5 Å². The lowest BCUT2D eigenvalue weighted by Gasteiger charge is -2.06. The smallest absolute Gasteiger partial charge is 0.251 e. The minimum Gasteiger partial charge on any atom is -0.496 e. The molecule has 3 aromatic rings. The van der Waals surface area contributed by atoms with Crippen LogP contribution in [0.3, 0.4) is 0 Å². The van der Waals surface area contributed by atoms with Crippen LogP contribution in [-0.4, -0.2) is 32.3 Å². The number of methoxy groups -OCH3 is 1. The van der Waals surface area contributed by atoms with E-state index < -0.39 is 10.0 Å². The zero-order valence-electron chi connectivity index (χ0n) is 14.9. The van der Waals surface area contributed by atoms with Gasteiger partial charge in [-0.3, -0.25) is 0 Å². The molecule has 0 bridgehead atoms. The Balaban J connectivity index is 1.70. The number of aromatic nitrogens is 2. The van der Waals surface area contributed by atoms with Gasteiger partial charge in [-0.25, -0.2) is 13.1 Å². The van der Waals surface area contributed by atoms with Gasteiger partial charge in [0.05, 0.1) is 30.7 Å². The van der Waals surface area contributed by atoms with Crippen LogP contribution in [0.15, 0.2) is 57.8 Å². The molecule has 142 valence electrons. The Labute approximate surface area is 157 Å². The lowest BCUT2D eigenvalue weighted by Crippen LogP contribution is -2.23. The Hall–Kier alpha value is -2.91. The van der Waals surface area contributed by atoms with Crippen molar-refractivity contribution in [1.82, 2.24) is 14.9 Å². The van der Waals surface area contributed by atoms with Gasteiger partial charge in [-0.15, -0.1) is 10.2 Å². The van der Waals surface area contributed by atoms with Gasteiger partial charge in [0, 0.05) is 0 Å². The van der Waals surface area contributed by atoms with Crippen LogP contribution in [0.4, 0.5) is 0 Å². The van der Waals surface area contributed by atoms with Crippen molar-refractivity contribution >= 4 is 10.0 Å². The predicted octanol–water partition coefficient (Wildman–Crippen LogP) is 2.62. The second kappa shape index (κ2) is 8.19. The molecule has 0 amide bonds. The molecule has 1 heterocycles. The zero-order valence-corrected chi connectivity index (χ0v) is 15.7. The van der Waals surface area contributed by atoms with Gasteiger partial charge < -0.3 is 13.9 Å². The SMILES string of the molecule is CCOc1ccc(S(=O)(=O)NCc2nnc(-c3ccccc3OC)o2)cc1. The molecule has 0 aliphatic carbocycles. The fourth-order valence-corrected chi connectivity index (χ4v) is 3.35. The zero-order chi connectivity index (χ0) is 19.3. The van der Waals surface area contributed by atoms with Crippen LogP contribution in [0, 0.1) is 0 Å². The Morgan fingerprint density at radius 2 is 1.81 bits per heavy atom. The molecule has 1 aromatic heterocycles. The molecule has 0 spiro atoms. The molecule has 0 fully saturated rings. The van der Waals surface area contributed by atoms with E-state index >= 15 is 0 Å². The third-order valence-corrected chi connectivity index (χ3v) is 5.08. The highest BCUT2D eigenvalue weighted by molar-refractivity contribution is 7.89. The molecule has 9 heteroatoms. The van der Waals surface area contributed by atoms with Crippen molar-refractivity contribution < 1.29 is 22.3 Å². The number of benzene rings is 2. The molecule has 0 unspecified atom stereocenters. The van der Waals surface area contributed by atoms with E-state index in [1.807, 2.05) is 19.1 Å². The summed E-state index contributed by atoms with van der Waals surface area (Å²) >= 11 is 0. The van der Waals surface area contributed by atoms with Gasteiger partial charge in [-0.2, -0.15) is 0 Å². The minimum absolute atomic E-state index is 0.121. The maximum atomic E-state index is 12.4. The quantitative estimate of drug-likeness (QED) is 0.631. The molecule has 3 rings (SSSR count). The average molecular weight is 389 g/mol. The normalized spacial score (nSPS) is 11.3. The van der Waals surface area contributed by atoms with Gasteiger partial charge in [0.25, 0.3) is 5.89 Å². The Morgan fingerprint density at radius 1 is 1.07 bits per heavy atom. The lowest BCUT2D eigenvalue weighted by atomic mass is 10.2. The van der Waals surface area contributed by atoms with E-state index in [-0.39, 0.29) is 23.2 Å². The van der Waals surface area contributed by atoms with Gasteiger partial charge in [0.15, 0.2) is 0 Å². The van der Waals surface area contributed by atoms with Gasteiger partial charge in [0.1, 0.15) is 11.5 Å². The Morgan fingerprint density at radius 3 is 2.52 bits per heavy atom. The number of nitrogens with one attached hydrogen (secondary N) is 1. The number of hydrogen-bond donors (Lipinski definition) is 1. The molecule has 1 N–H and O–H groups in total. The highest BCUT2D eigenvalue weighted by Crippen LogP contribution is 2.28. The molecule has 0 aliphatic rings. The molecule has 0 aliphatic heterocycles. The second-order valence-corrected chi connectivity index (χ2v) is 7.20. The number of nitrogens with zero attached hydrogens (tertiary/aromatic N) is 2. The molecule has 27 heavy (non-hydrogen) atoms. The number of ether oxygens (including phenoxy) is 2. The summed E-state index contributed by atoms with van der Waals surface area (Å²) in [5.74, 6) is 1.59. The number of para-hydroxylation sites is 1. The molecular formula is C18H19N3O5S. The van der Waals surface area contributed by atoms with E-state index in [1.54, 1.807) is 31.4 Å². The number of sulfonamides is 1. The van der Waals surface area contributed by atoms with E-state index in [9.17, 15) is 8.42 Å². The van der Waals surface area contributed by atoms with Gasteiger partial charge >= 0.3 is 0 Å². The summed E-state index contributed by atoms with van der Waals surface area (Å²) < 4.78 is 43.3. The summed E-state index contributed by atoms with van der Waals surface area (Å²) in [6.45, 7) is 2.24. The third-order valence-electron chi connectivity index (χ3n) is 3.66. The van der Waals surface area contributed by atoms with Gasteiger partial charge in [-0.1, -0.05) is 12.1 Å². The first-order valence-electron chi connectivity index (χ1n) is 8.22. The van der Waals surface area contributed by atoms with Gasteiger partial charge in [0.2, 0.25) is 15.9 Å². The largest absolute Gasteiger partial charge is 0.496 e. The van der Waals surface area contributed by atoms with Crippen molar-refractivity contribution in [3.8, 4) is 23.0 Å². The highest BCUT2D eigenvalue weighted by Gasteiger charge is 2.17. The number of rotatable bonds is 8. The van der Waals surface area contributed by atoms with E-state index in [0.717, 1.165) is 0 Å². The van der Waals surface area contributed by atoms with Crippen LogP contribution in [0.5, 0.6) is 11.5 Å². The second-order valence-electron chi connectivity index (χ2n) is 5.43. The maximum absolute atomic E-state index is 12.4. The van der Waals surface area contributed by atoms with Gasteiger partial charge in [-0.05, 0) is 43.3 Å². The maximum Gasteiger partial charge on any atom is 0.251 e. The van der Waals surface area contributed by atoms with E-state index in [2.05, 4.69) is 14.9 Å². The third kappa shape index (κ3) is 4.44. The van der Waals surface area contributed by atoms with Crippen molar-refractivity contribution in [2.24, 2.45) is 0 Å². The van der Waals surface area contributed by atoms with Crippen LogP contribution in [-0.2, 0) is 16.6 Å². The Kier molecular flexibility index (Phi) is 5.72. The first-order chi connectivity index (χ1) is 13.0. The standard InChI is InChI=1S/C18H19N3O5S/c1-3-25-13-8-10-14(11-9-13)27(22,23)19-12-17-20-21-18(26-17)15-6-4-5-7-16(15)24-2/h4-11,19H,3,12H2,1-2H3. The van der Waals surface area contributed by atoms with Crippen molar-refractivity contribution in [3.63, 3.8) is 0 Å². The van der Waals surface area contributed by atoms with E-state index in [4.69, 9.17) is 13.9 Å². The first-order valence-corrected chi connectivity index (χ1v) is 9.70. The topological polar surface area (TPSA) is 104 Å². The van der Waals surface area contributed by atoms with Crippen LogP contribution in [0.1, 0.15) is 12.8 Å².